The van der Waals surface area contributed by atoms with E-state index in [0.717, 1.165) is 28.8 Å². The molecule has 0 bridgehead atoms. The fourth-order valence-corrected chi connectivity index (χ4v) is 4.47. The minimum Gasteiger partial charge on any atom is -0.455 e. The molecular formula is C26H18F2N4O2. The molecule has 0 saturated heterocycles. The van der Waals surface area contributed by atoms with E-state index in [1.54, 1.807) is 24.7 Å². The third-order valence-electron chi connectivity index (χ3n) is 6.06. The molecule has 0 fully saturated rings. The van der Waals surface area contributed by atoms with Crippen molar-refractivity contribution in [2.24, 2.45) is 10.7 Å². The van der Waals surface area contributed by atoms with Crippen LogP contribution in [0.5, 0.6) is 11.5 Å². The van der Waals surface area contributed by atoms with Gasteiger partial charge >= 0.3 is 0 Å². The zero-order valence-electron chi connectivity index (χ0n) is 17.8. The first-order chi connectivity index (χ1) is 16.5. The monoisotopic (exact) mass is 456 g/mol. The Kier molecular flexibility index (Phi) is 4.63. The van der Waals surface area contributed by atoms with Crippen molar-refractivity contribution in [3.05, 3.63) is 95.9 Å². The summed E-state index contributed by atoms with van der Waals surface area (Å²) in [5.41, 5.74) is 9.40. The molecule has 4 aromatic rings. The lowest BCUT2D eigenvalue weighted by atomic mass is 9.79. The topological polar surface area (TPSA) is 82.6 Å². The number of pyridine rings is 2. The second kappa shape index (κ2) is 7.71. The molecule has 6 nitrogen and oxygen atoms in total. The first-order valence-corrected chi connectivity index (χ1v) is 10.6. The van der Waals surface area contributed by atoms with Gasteiger partial charge in [0.1, 0.15) is 23.7 Å². The first-order valence-electron chi connectivity index (χ1n) is 10.6. The van der Waals surface area contributed by atoms with E-state index >= 15 is 0 Å². The maximum absolute atomic E-state index is 13.9. The van der Waals surface area contributed by atoms with Gasteiger partial charge in [0.2, 0.25) is 0 Å². The van der Waals surface area contributed by atoms with Crippen LogP contribution in [0.1, 0.15) is 11.1 Å². The van der Waals surface area contributed by atoms with E-state index in [1.165, 1.54) is 6.07 Å². The van der Waals surface area contributed by atoms with E-state index in [0.29, 0.717) is 34.2 Å². The molecular weight excluding hydrogens is 438 g/mol. The molecule has 0 radical (unpaired) electrons. The van der Waals surface area contributed by atoms with Crippen molar-refractivity contribution in [3.63, 3.8) is 0 Å². The van der Waals surface area contributed by atoms with Crippen LogP contribution >= 0.6 is 0 Å². The molecule has 8 heteroatoms. The van der Waals surface area contributed by atoms with Gasteiger partial charge in [-0.25, -0.2) is 8.78 Å². The number of halogens is 2. The Bertz CT molecular complexity index is 1460. The molecule has 2 aliphatic rings. The molecule has 2 aromatic carbocycles. The van der Waals surface area contributed by atoms with Crippen LogP contribution in [0.15, 0.2) is 78.2 Å². The lowest BCUT2D eigenvalue weighted by molar-refractivity contribution is 0.110. The van der Waals surface area contributed by atoms with Crippen molar-refractivity contribution in [1.82, 2.24) is 9.97 Å². The van der Waals surface area contributed by atoms with Crippen molar-refractivity contribution >= 4 is 5.84 Å². The molecule has 6 rings (SSSR count). The van der Waals surface area contributed by atoms with E-state index in [2.05, 4.69) is 9.97 Å². The molecule has 2 aromatic heterocycles. The van der Waals surface area contributed by atoms with E-state index in [1.807, 2.05) is 30.3 Å². The van der Waals surface area contributed by atoms with Crippen molar-refractivity contribution < 1.29 is 18.3 Å². The number of hydrogen-bond acceptors (Lipinski definition) is 6. The maximum atomic E-state index is 13.9. The smallest absolute Gasteiger partial charge is 0.159 e. The lowest BCUT2D eigenvalue weighted by Gasteiger charge is -2.39. The summed E-state index contributed by atoms with van der Waals surface area (Å²) in [6.07, 6.45) is 5.06. The number of aromatic nitrogens is 2. The van der Waals surface area contributed by atoms with Crippen LogP contribution in [0.4, 0.5) is 8.78 Å². The maximum Gasteiger partial charge on any atom is 0.159 e. The molecule has 0 aliphatic carbocycles. The molecule has 34 heavy (non-hydrogen) atoms. The summed E-state index contributed by atoms with van der Waals surface area (Å²) < 4.78 is 39.5. The number of amidine groups is 1. The highest BCUT2D eigenvalue weighted by atomic mass is 19.2. The van der Waals surface area contributed by atoms with E-state index in [-0.39, 0.29) is 13.2 Å². The second-order valence-electron chi connectivity index (χ2n) is 8.21. The van der Waals surface area contributed by atoms with Gasteiger partial charge in [-0.2, -0.15) is 0 Å². The highest BCUT2D eigenvalue weighted by Crippen LogP contribution is 2.51. The SMILES string of the molecule is NC1=NC2(COC1)c1cc(-c3cccnc3)ccc1Oc1cnc(-c3ccc(F)c(F)c3)cc12. The van der Waals surface area contributed by atoms with Crippen molar-refractivity contribution in [3.8, 4) is 33.9 Å². The Balaban J connectivity index is 1.56. The number of aliphatic imine (C=N–C) groups is 1. The Morgan fingerprint density at radius 2 is 1.71 bits per heavy atom. The van der Waals surface area contributed by atoms with Crippen molar-refractivity contribution in [2.45, 2.75) is 5.54 Å². The van der Waals surface area contributed by atoms with Crippen molar-refractivity contribution in [2.75, 3.05) is 13.2 Å². The summed E-state index contributed by atoms with van der Waals surface area (Å²) in [4.78, 5) is 13.5. The summed E-state index contributed by atoms with van der Waals surface area (Å²) >= 11 is 0. The molecule has 1 unspecified atom stereocenters. The predicted molar refractivity (Wildman–Crippen MR) is 123 cm³/mol. The zero-order chi connectivity index (χ0) is 23.3. The molecule has 2 N–H and O–H groups in total. The highest BCUT2D eigenvalue weighted by Gasteiger charge is 2.45. The molecule has 1 spiro atoms. The number of ether oxygens (including phenoxy) is 2. The van der Waals surface area contributed by atoms with Gasteiger partial charge in [-0.1, -0.05) is 12.1 Å². The minimum absolute atomic E-state index is 0.219. The number of benzene rings is 2. The van der Waals surface area contributed by atoms with Gasteiger partial charge in [-0.05, 0) is 48.0 Å². The Hall–Kier alpha value is -4.17. The minimum atomic E-state index is -0.986. The largest absolute Gasteiger partial charge is 0.455 e. The predicted octanol–water partition coefficient (Wildman–Crippen LogP) is 4.83. The van der Waals surface area contributed by atoms with Crippen LogP contribution in [0.3, 0.4) is 0 Å². The van der Waals surface area contributed by atoms with Gasteiger partial charge < -0.3 is 15.2 Å². The van der Waals surface area contributed by atoms with Crippen LogP contribution in [0, 0.1) is 11.6 Å². The quantitative estimate of drug-likeness (QED) is 0.467. The van der Waals surface area contributed by atoms with Crippen LogP contribution in [0.2, 0.25) is 0 Å². The number of nitrogens with two attached hydrogens (primary N) is 1. The van der Waals surface area contributed by atoms with E-state index in [4.69, 9.17) is 20.2 Å². The number of hydrogen-bond donors (Lipinski definition) is 1. The lowest BCUT2D eigenvalue weighted by Crippen LogP contribution is -2.42. The third kappa shape index (κ3) is 3.22. The fourth-order valence-electron chi connectivity index (χ4n) is 4.47. The Labute approximate surface area is 193 Å². The molecule has 1 atom stereocenters. The Morgan fingerprint density at radius 3 is 2.50 bits per heavy atom. The molecule has 168 valence electrons. The summed E-state index contributed by atoms with van der Waals surface area (Å²) in [6.45, 7) is 0.450. The molecule has 0 amide bonds. The van der Waals surface area contributed by atoms with E-state index in [9.17, 15) is 8.78 Å². The van der Waals surface area contributed by atoms with Gasteiger partial charge in [0.05, 0.1) is 18.5 Å². The van der Waals surface area contributed by atoms with Crippen LogP contribution in [-0.4, -0.2) is 29.0 Å². The molecule has 2 aliphatic heterocycles. The van der Waals surface area contributed by atoms with Crippen molar-refractivity contribution in [1.29, 1.82) is 0 Å². The standard InChI is InChI=1S/C26H18F2N4O2/c27-20-5-3-16(9-21(20)28)22-10-19-24(12-31-22)34-23-6-4-15(17-2-1-7-30-11-17)8-18(23)26(19)14-33-13-25(29)32-26/h1-12H,13-14H2,(H2,29,32). The molecule has 0 saturated carbocycles. The van der Waals surface area contributed by atoms with Gasteiger partial charge in [-0.3, -0.25) is 15.0 Å². The first kappa shape index (κ1) is 20.4. The number of nitrogens with zero attached hydrogens (tertiary/aromatic N) is 3. The van der Waals surface area contributed by atoms with Crippen LogP contribution in [-0.2, 0) is 10.3 Å². The number of rotatable bonds is 2. The van der Waals surface area contributed by atoms with E-state index < -0.39 is 17.2 Å². The number of fused-ring (bicyclic) bond motifs is 4. The summed E-state index contributed by atoms with van der Waals surface area (Å²) in [6, 6.07) is 15.1. The second-order valence-corrected chi connectivity index (χ2v) is 8.21. The van der Waals surface area contributed by atoms with Gasteiger partial charge in [-0.15, -0.1) is 0 Å². The fraction of sp³-hybridized carbons (Fsp3) is 0.115. The zero-order valence-corrected chi connectivity index (χ0v) is 17.8. The van der Waals surface area contributed by atoms with Gasteiger partial charge in [0.25, 0.3) is 0 Å². The highest BCUT2D eigenvalue weighted by molar-refractivity contribution is 5.84. The average Bonchev–Trinajstić information content (AvgIpc) is 2.86. The Morgan fingerprint density at radius 1 is 0.853 bits per heavy atom. The van der Waals surface area contributed by atoms with Gasteiger partial charge in [0.15, 0.2) is 17.4 Å². The average molecular weight is 456 g/mol. The third-order valence-corrected chi connectivity index (χ3v) is 6.06. The summed E-state index contributed by atoms with van der Waals surface area (Å²) in [5, 5.41) is 0. The van der Waals surface area contributed by atoms with Crippen LogP contribution in [0.25, 0.3) is 22.4 Å². The summed E-state index contributed by atoms with van der Waals surface area (Å²) in [7, 11) is 0. The summed E-state index contributed by atoms with van der Waals surface area (Å²) in [5.74, 6) is -0.406. The molecule has 4 heterocycles. The van der Waals surface area contributed by atoms with Crippen LogP contribution < -0.4 is 10.5 Å². The normalized spacial score (nSPS) is 18.6. The van der Waals surface area contributed by atoms with Gasteiger partial charge in [0, 0.05) is 34.6 Å².